The highest BCUT2D eigenvalue weighted by Crippen LogP contribution is 2.55. The van der Waals surface area contributed by atoms with Gasteiger partial charge in [0.05, 0.1) is 0 Å². The molecule has 6 rings (SSSR count). The Labute approximate surface area is 159 Å². The Bertz CT molecular complexity index is 719. The van der Waals surface area contributed by atoms with E-state index in [0.717, 1.165) is 49.9 Å². The average molecular weight is 372 g/mol. The summed E-state index contributed by atoms with van der Waals surface area (Å²) in [4.78, 5) is 27.2. The van der Waals surface area contributed by atoms with Gasteiger partial charge in [0, 0.05) is 17.6 Å². The lowest BCUT2D eigenvalue weighted by Crippen LogP contribution is -2.62. The van der Waals surface area contributed by atoms with E-state index in [2.05, 4.69) is 15.8 Å². The van der Waals surface area contributed by atoms with Crippen molar-refractivity contribution in [1.29, 1.82) is 0 Å². The molecule has 0 aliphatic heterocycles. The van der Waals surface area contributed by atoms with Gasteiger partial charge in [-0.2, -0.15) is 0 Å². The number of aromatic nitrogens is 1. The molecule has 5 aliphatic carbocycles. The minimum atomic E-state index is -0.226. The van der Waals surface area contributed by atoms with E-state index in [1.165, 1.54) is 19.3 Å². The van der Waals surface area contributed by atoms with Crippen LogP contribution in [0.25, 0.3) is 0 Å². The number of urea groups is 1. The number of nitrogens with one attached hydrogen (secondary N) is 2. The van der Waals surface area contributed by atoms with Gasteiger partial charge in [-0.15, -0.1) is 0 Å². The largest absolute Gasteiger partial charge is 0.360 e. The molecule has 7 heteroatoms. The Morgan fingerprint density at radius 2 is 1.81 bits per heavy atom. The van der Waals surface area contributed by atoms with Crippen LogP contribution in [-0.4, -0.2) is 40.1 Å². The molecular weight excluding hydrogens is 344 g/mol. The van der Waals surface area contributed by atoms with Gasteiger partial charge in [-0.25, -0.2) is 4.79 Å². The van der Waals surface area contributed by atoms with Crippen LogP contribution in [-0.2, 0) is 4.79 Å². The second kappa shape index (κ2) is 6.24. The van der Waals surface area contributed by atoms with Crippen LogP contribution in [0.15, 0.2) is 10.6 Å². The molecule has 0 aromatic carbocycles. The molecule has 7 nitrogen and oxygen atoms in total. The fourth-order valence-electron chi connectivity index (χ4n) is 6.08. The van der Waals surface area contributed by atoms with Gasteiger partial charge in [-0.3, -0.25) is 4.79 Å². The zero-order valence-electron chi connectivity index (χ0n) is 15.9. The molecule has 0 saturated heterocycles. The van der Waals surface area contributed by atoms with Crippen LogP contribution in [0.1, 0.15) is 57.1 Å². The highest BCUT2D eigenvalue weighted by Gasteiger charge is 2.52. The number of anilines is 1. The molecule has 0 spiro atoms. The smallest absolute Gasteiger partial charge is 0.318 e. The summed E-state index contributed by atoms with van der Waals surface area (Å²) in [6.07, 6.45) is 9.35. The lowest BCUT2D eigenvalue weighted by molar-refractivity contribution is -0.117. The van der Waals surface area contributed by atoms with Crippen molar-refractivity contribution in [2.24, 2.45) is 17.8 Å². The Morgan fingerprint density at radius 1 is 1.19 bits per heavy atom. The van der Waals surface area contributed by atoms with Gasteiger partial charge in [0.15, 0.2) is 5.82 Å². The summed E-state index contributed by atoms with van der Waals surface area (Å²) in [5.74, 6) is 3.16. The minimum absolute atomic E-state index is 0.0291. The summed E-state index contributed by atoms with van der Waals surface area (Å²) in [7, 11) is 0. The van der Waals surface area contributed by atoms with Gasteiger partial charge in [0.2, 0.25) is 5.91 Å². The number of amides is 3. The van der Waals surface area contributed by atoms with E-state index in [4.69, 9.17) is 4.52 Å². The van der Waals surface area contributed by atoms with Crippen LogP contribution in [0.3, 0.4) is 0 Å². The first-order chi connectivity index (χ1) is 13.0. The molecule has 5 aliphatic rings. The predicted molar refractivity (Wildman–Crippen MR) is 99.0 cm³/mol. The van der Waals surface area contributed by atoms with E-state index < -0.39 is 0 Å². The standard InChI is InChI=1S/C20H28N4O3/c1-12-4-17(23-27-12)21-18(25)11-24(16-2-3-16)19(26)22-20-8-13-5-14(9-20)7-15(6-13)10-20/h4,13-16H,2-3,5-11H2,1H3,(H,22,26)(H,21,23,25). The number of carbonyl (C=O) groups excluding carboxylic acids is 2. The van der Waals surface area contributed by atoms with Crippen LogP contribution in [0.5, 0.6) is 0 Å². The van der Waals surface area contributed by atoms with Gasteiger partial charge >= 0.3 is 6.03 Å². The van der Waals surface area contributed by atoms with Gasteiger partial charge in [-0.1, -0.05) is 5.16 Å². The van der Waals surface area contributed by atoms with Crippen molar-refractivity contribution in [1.82, 2.24) is 15.4 Å². The summed E-state index contributed by atoms with van der Waals surface area (Å²) in [5.41, 5.74) is -0.0291. The molecule has 5 saturated carbocycles. The first kappa shape index (κ1) is 17.1. The number of hydrogen-bond acceptors (Lipinski definition) is 4. The summed E-state index contributed by atoms with van der Waals surface area (Å²) in [5, 5.41) is 9.91. The van der Waals surface area contributed by atoms with E-state index in [9.17, 15) is 9.59 Å². The van der Waals surface area contributed by atoms with Crippen LogP contribution >= 0.6 is 0 Å². The molecule has 27 heavy (non-hydrogen) atoms. The molecular formula is C20H28N4O3. The topological polar surface area (TPSA) is 87.5 Å². The number of carbonyl (C=O) groups is 2. The molecule has 146 valence electrons. The van der Waals surface area contributed by atoms with Gasteiger partial charge < -0.3 is 20.1 Å². The maximum Gasteiger partial charge on any atom is 0.318 e. The maximum absolute atomic E-state index is 13.1. The fourth-order valence-corrected chi connectivity index (χ4v) is 6.08. The highest BCUT2D eigenvalue weighted by molar-refractivity contribution is 5.93. The third-order valence-corrected chi connectivity index (χ3v) is 6.87. The Hall–Kier alpha value is -2.05. The first-order valence-corrected chi connectivity index (χ1v) is 10.3. The first-order valence-electron chi connectivity index (χ1n) is 10.3. The SMILES string of the molecule is Cc1cc(NC(=O)CN(C(=O)NC23CC4CC(CC(C4)C2)C3)C2CC2)no1. The molecule has 4 bridgehead atoms. The zero-order chi connectivity index (χ0) is 18.6. The Balaban J connectivity index is 1.24. The van der Waals surface area contributed by atoms with Crippen molar-refractivity contribution in [2.45, 2.75) is 69.9 Å². The average Bonchev–Trinajstić information content (AvgIpc) is 3.33. The van der Waals surface area contributed by atoms with Crippen molar-refractivity contribution in [2.75, 3.05) is 11.9 Å². The molecule has 1 aromatic heterocycles. The normalized spacial score (nSPS) is 33.7. The van der Waals surface area contributed by atoms with Gasteiger partial charge in [0.1, 0.15) is 12.3 Å². The van der Waals surface area contributed by atoms with Gasteiger partial charge in [0.25, 0.3) is 0 Å². The van der Waals surface area contributed by atoms with Crippen LogP contribution < -0.4 is 10.6 Å². The summed E-state index contributed by atoms with van der Waals surface area (Å²) < 4.78 is 4.98. The monoisotopic (exact) mass is 372 g/mol. The maximum atomic E-state index is 13.1. The molecule has 0 atom stereocenters. The van der Waals surface area contributed by atoms with Crippen LogP contribution in [0.2, 0.25) is 0 Å². The fraction of sp³-hybridized carbons (Fsp3) is 0.750. The van der Waals surface area contributed by atoms with E-state index in [0.29, 0.717) is 11.6 Å². The number of hydrogen-bond donors (Lipinski definition) is 2. The molecule has 3 amide bonds. The number of aryl methyl sites for hydroxylation is 1. The molecule has 5 fully saturated rings. The Morgan fingerprint density at radius 3 is 2.33 bits per heavy atom. The van der Waals surface area contributed by atoms with Crippen LogP contribution in [0, 0.1) is 24.7 Å². The minimum Gasteiger partial charge on any atom is -0.360 e. The predicted octanol–water partition coefficient (Wildman–Crippen LogP) is 3.06. The van der Waals surface area contributed by atoms with Crippen molar-refractivity contribution in [3.05, 3.63) is 11.8 Å². The Kier molecular flexibility index (Phi) is 3.95. The summed E-state index contributed by atoms with van der Waals surface area (Å²) in [6.45, 7) is 1.84. The van der Waals surface area contributed by atoms with Crippen molar-refractivity contribution in [3.8, 4) is 0 Å². The van der Waals surface area contributed by atoms with E-state index in [1.807, 2.05) is 0 Å². The lowest BCUT2D eigenvalue weighted by atomic mass is 9.53. The van der Waals surface area contributed by atoms with Crippen molar-refractivity contribution >= 4 is 17.8 Å². The van der Waals surface area contributed by atoms with Gasteiger partial charge in [-0.05, 0) is 76.0 Å². The molecule has 0 unspecified atom stereocenters. The quantitative estimate of drug-likeness (QED) is 0.831. The van der Waals surface area contributed by atoms with Crippen LogP contribution in [0.4, 0.5) is 10.6 Å². The van der Waals surface area contributed by atoms with E-state index in [-0.39, 0.29) is 30.1 Å². The molecule has 2 N–H and O–H groups in total. The zero-order valence-corrected chi connectivity index (χ0v) is 15.9. The number of nitrogens with zero attached hydrogens (tertiary/aromatic N) is 2. The molecule has 1 aromatic rings. The second-order valence-corrected chi connectivity index (χ2v) is 9.36. The number of rotatable bonds is 5. The lowest BCUT2D eigenvalue weighted by Gasteiger charge is -2.57. The summed E-state index contributed by atoms with van der Waals surface area (Å²) in [6, 6.07) is 1.80. The third kappa shape index (κ3) is 3.44. The van der Waals surface area contributed by atoms with Crippen molar-refractivity contribution < 1.29 is 14.1 Å². The summed E-state index contributed by atoms with van der Waals surface area (Å²) >= 11 is 0. The van der Waals surface area contributed by atoms with E-state index >= 15 is 0 Å². The molecule has 1 heterocycles. The molecule has 0 radical (unpaired) electrons. The second-order valence-electron chi connectivity index (χ2n) is 9.36. The third-order valence-electron chi connectivity index (χ3n) is 6.87. The van der Waals surface area contributed by atoms with E-state index in [1.54, 1.807) is 17.9 Å². The highest BCUT2D eigenvalue weighted by atomic mass is 16.5. The van der Waals surface area contributed by atoms with Crippen molar-refractivity contribution in [3.63, 3.8) is 0 Å².